The van der Waals surface area contributed by atoms with Gasteiger partial charge in [0.25, 0.3) is 5.91 Å². The van der Waals surface area contributed by atoms with Crippen molar-refractivity contribution in [3.05, 3.63) is 47.8 Å². The first-order chi connectivity index (χ1) is 12.6. The number of hydrogen-bond acceptors (Lipinski definition) is 4. The molecule has 2 N–H and O–H groups in total. The van der Waals surface area contributed by atoms with Gasteiger partial charge in [-0.3, -0.25) is 19.1 Å². The van der Waals surface area contributed by atoms with Crippen molar-refractivity contribution in [2.75, 3.05) is 5.32 Å². The molecule has 2 rings (SSSR count). The number of ketones is 1. The maximum absolute atomic E-state index is 12.3. The predicted octanol–water partition coefficient (Wildman–Crippen LogP) is 2.67. The Morgan fingerprint density at radius 3 is 2.63 bits per heavy atom. The number of nitrogens with one attached hydrogen (secondary N) is 1. The fourth-order valence-electron chi connectivity index (χ4n) is 2.25. The number of aromatic nitrogens is 2. The third kappa shape index (κ3) is 6.24. The smallest absolute Gasteiger partial charge is 0.450 e. The van der Waals surface area contributed by atoms with Crippen LogP contribution in [0.5, 0.6) is 0 Å². The fraction of sp³-hybridized carbons (Fsp3) is 0.294. The number of carbonyl (C=O) groups excluding carboxylic acids is 2. The zero-order chi connectivity index (χ0) is 20.0. The van der Waals surface area contributed by atoms with Crippen LogP contribution < -0.4 is 5.32 Å². The summed E-state index contributed by atoms with van der Waals surface area (Å²) in [5, 5.41) is 15.1. The normalized spacial score (nSPS) is 11.2. The number of anilines is 1. The van der Waals surface area contributed by atoms with E-state index in [4.69, 9.17) is 5.11 Å². The Labute approximate surface area is 151 Å². The van der Waals surface area contributed by atoms with Crippen LogP contribution in [-0.2, 0) is 22.6 Å². The molecule has 1 aromatic carbocycles. The Hall–Kier alpha value is -3.17. The van der Waals surface area contributed by atoms with Gasteiger partial charge in [0.1, 0.15) is 0 Å². The zero-order valence-electron chi connectivity index (χ0n) is 14.0. The Morgan fingerprint density at radius 2 is 1.96 bits per heavy atom. The topological polar surface area (TPSA) is 101 Å². The van der Waals surface area contributed by atoms with Gasteiger partial charge >= 0.3 is 12.1 Å². The summed E-state index contributed by atoms with van der Waals surface area (Å²) >= 11 is 0. The maximum Gasteiger partial charge on any atom is 0.450 e. The molecule has 144 valence electrons. The molecule has 1 aromatic heterocycles. The number of alkyl halides is 3. The van der Waals surface area contributed by atoms with E-state index in [2.05, 4.69) is 10.4 Å². The van der Waals surface area contributed by atoms with Crippen LogP contribution in [0.4, 0.5) is 18.9 Å². The van der Waals surface area contributed by atoms with E-state index >= 15 is 0 Å². The summed E-state index contributed by atoms with van der Waals surface area (Å²) in [6.45, 7) is 0.358. The van der Waals surface area contributed by atoms with Gasteiger partial charge in [0.05, 0.1) is 11.9 Å². The van der Waals surface area contributed by atoms with Crippen molar-refractivity contribution in [3.8, 4) is 0 Å². The second-order valence-electron chi connectivity index (χ2n) is 5.74. The number of carboxylic acid groups (broad SMARTS) is 1. The molecule has 1 amide bonds. The van der Waals surface area contributed by atoms with E-state index in [1.165, 1.54) is 41.3 Å². The number of nitrogens with zero attached hydrogens (tertiary/aromatic N) is 2. The molecule has 0 aliphatic heterocycles. The average Bonchev–Trinajstić information content (AvgIpc) is 3.01. The number of amides is 1. The molecule has 0 unspecified atom stereocenters. The van der Waals surface area contributed by atoms with Gasteiger partial charge in [-0.15, -0.1) is 0 Å². The zero-order valence-corrected chi connectivity index (χ0v) is 14.0. The quantitative estimate of drug-likeness (QED) is 0.730. The van der Waals surface area contributed by atoms with Crippen LogP contribution in [-0.4, -0.2) is 38.7 Å². The second kappa shape index (κ2) is 8.47. The van der Waals surface area contributed by atoms with Gasteiger partial charge in [-0.1, -0.05) is 12.1 Å². The SMILES string of the molecule is O=C(O)CCCn1cc(NC(=O)c2cccc(CC(=O)C(F)(F)F)c2)cn1. The van der Waals surface area contributed by atoms with E-state index in [-0.39, 0.29) is 17.5 Å². The lowest BCUT2D eigenvalue weighted by Crippen LogP contribution is -2.24. The summed E-state index contributed by atoms with van der Waals surface area (Å²) in [7, 11) is 0. The van der Waals surface area contributed by atoms with Crippen LogP contribution in [0.1, 0.15) is 28.8 Å². The molecule has 0 aliphatic carbocycles. The second-order valence-corrected chi connectivity index (χ2v) is 5.74. The minimum Gasteiger partial charge on any atom is -0.481 e. The van der Waals surface area contributed by atoms with Crippen molar-refractivity contribution in [2.24, 2.45) is 0 Å². The van der Waals surface area contributed by atoms with Gasteiger partial charge in [0.2, 0.25) is 5.78 Å². The molecule has 27 heavy (non-hydrogen) atoms. The lowest BCUT2D eigenvalue weighted by molar-refractivity contribution is -0.170. The minimum absolute atomic E-state index is 0.00894. The standard InChI is InChI=1S/C17H16F3N3O4/c18-17(19,20)14(24)8-11-3-1-4-12(7-11)16(27)22-13-9-21-23(10-13)6-2-5-15(25)26/h1,3-4,7,9-10H,2,5-6,8H2,(H,22,27)(H,25,26). The van der Waals surface area contributed by atoms with Gasteiger partial charge < -0.3 is 10.4 Å². The van der Waals surface area contributed by atoms with E-state index in [0.29, 0.717) is 18.7 Å². The molecular weight excluding hydrogens is 367 g/mol. The van der Waals surface area contributed by atoms with E-state index in [0.717, 1.165) is 0 Å². The van der Waals surface area contributed by atoms with E-state index < -0.39 is 30.3 Å². The number of benzene rings is 1. The van der Waals surface area contributed by atoms with Crippen molar-refractivity contribution in [2.45, 2.75) is 32.0 Å². The van der Waals surface area contributed by atoms with Crippen molar-refractivity contribution in [3.63, 3.8) is 0 Å². The van der Waals surface area contributed by atoms with Crippen molar-refractivity contribution in [1.29, 1.82) is 0 Å². The Morgan fingerprint density at radius 1 is 1.22 bits per heavy atom. The third-order valence-corrected chi connectivity index (χ3v) is 3.54. The molecule has 0 bridgehead atoms. The van der Waals surface area contributed by atoms with Gasteiger partial charge in [-0.05, 0) is 24.1 Å². The number of carbonyl (C=O) groups is 3. The molecule has 0 aliphatic rings. The maximum atomic E-state index is 12.3. The number of aryl methyl sites for hydroxylation is 1. The van der Waals surface area contributed by atoms with Crippen molar-refractivity contribution < 1.29 is 32.7 Å². The minimum atomic E-state index is -4.92. The van der Waals surface area contributed by atoms with Crippen LogP contribution in [0.25, 0.3) is 0 Å². The summed E-state index contributed by atoms with van der Waals surface area (Å²) in [5.74, 6) is -3.37. The first kappa shape index (κ1) is 20.1. The summed E-state index contributed by atoms with van der Waals surface area (Å²) < 4.78 is 38.5. The number of hydrogen-bond donors (Lipinski definition) is 2. The van der Waals surface area contributed by atoms with Gasteiger partial charge in [-0.2, -0.15) is 18.3 Å². The molecule has 2 aromatic rings. The lowest BCUT2D eigenvalue weighted by atomic mass is 10.1. The monoisotopic (exact) mass is 383 g/mol. The van der Waals surface area contributed by atoms with E-state index in [1.54, 1.807) is 0 Å². The number of aliphatic carboxylic acids is 1. The summed E-state index contributed by atoms with van der Waals surface area (Å²) in [4.78, 5) is 33.8. The number of Topliss-reactive ketones (excluding diaryl/α,β-unsaturated/α-hetero) is 1. The number of halogens is 3. The molecule has 0 spiro atoms. The largest absolute Gasteiger partial charge is 0.481 e. The summed E-state index contributed by atoms with van der Waals surface area (Å²) in [6, 6.07) is 5.36. The van der Waals surface area contributed by atoms with E-state index in [9.17, 15) is 27.6 Å². The van der Waals surface area contributed by atoms with Crippen molar-refractivity contribution >= 4 is 23.3 Å². The first-order valence-electron chi connectivity index (χ1n) is 7.89. The van der Waals surface area contributed by atoms with Crippen LogP contribution in [0.15, 0.2) is 36.7 Å². The van der Waals surface area contributed by atoms with Gasteiger partial charge in [-0.25, -0.2) is 0 Å². The highest BCUT2D eigenvalue weighted by atomic mass is 19.4. The van der Waals surface area contributed by atoms with Crippen LogP contribution >= 0.6 is 0 Å². The van der Waals surface area contributed by atoms with Gasteiger partial charge in [0, 0.05) is 31.1 Å². The highest BCUT2D eigenvalue weighted by Gasteiger charge is 2.37. The molecule has 0 radical (unpaired) electrons. The van der Waals surface area contributed by atoms with Crippen LogP contribution in [0.3, 0.4) is 0 Å². The molecule has 1 heterocycles. The van der Waals surface area contributed by atoms with Crippen LogP contribution in [0.2, 0.25) is 0 Å². The lowest BCUT2D eigenvalue weighted by Gasteiger charge is -2.07. The Bertz CT molecular complexity index is 846. The third-order valence-electron chi connectivity index (χ3n) is 3.54. The van der Waals surface area contributed by atoms with Crippen LogP contribution in [0, 0.1) is 0 Å². The number of carboxylic acids is 1. The molecule has 0 atom stereocenters. The first-order valence-corrected chi connectivity index (χ1v) is 7.89. The molecule has 0 saturated heterocycles. The fourth-order valence-corrected chi connectivity index (χ4v) is 2.25. The van der Waals surface area contributed by atoms with Gasteiger partial charge in [0.15, 0.2) is 0 Å². The van der Waals surface area contributed by atoms with Crippen molar-refractivity contribution in [1.82, 2.24) is 9.78 Å². The average molecular weight is 383 g/mol. The molecule has 0 saturated carbocycles. The van der Waals surface area contributed by atoms with E-state index in [1.807, 2.05) is 0 Å². The molecule has 10 heteroatoms. The Kier molecular flexibility index (Phi) is 6.32. The highest BCUT2D eigenvalue weighted by molar-refractivity contribution is 6.04. The summed E-state index contributed by atoms with van der Waals surface area (Å²) in [6.07, 6.45) is -2.52. The highest BCUT2D eigenvalue weighted by Crippen LogP contribution is 2.19. The predicted molar refractivity (Wildman–Crippen MR) is 88.3 cm³/mol. The molecular formula is C17H16F3N3O4. The molecule has 7 nitrogen and oxygen atoms in total. The summed E-state index contributed by atoms with van der Waals surface area (Å²) in [5.41, 5.74) is 0.530. The Balaban J connectivity index is 1.98. The number of rotatable bonds is 8. The molecule has 0 fully saturated rings.